The first-order chi connectivity index (χ1) is 6.54. The Morgan fingerprint density at radius 3 is 2.86 bits per heavy atom. The van der Waals surface area contributed by atoms with Gasteiger partial charge in [0, 0.05) is 14.0 Å². The molecular weight excluding hydrogens is 268 g/mol. The number of carbonyl (C=O) groups is 1. The van der Waals surface area contributed by atoms with Gasteiger partial charge in [0.15, 0.2) is 5.13 Å². The molecule has 0 saturated carbocycles. The summed E-state index contributed by atoms with van der Waals surface area (Å²) in [6.07, 6.45) is -0.0804. The molecule has 0 bridgehead atoms. The first kappa shape index (κ1) is 11.6. The predicted molar refractivity (Wildman–Crippen MR) is 59.5 cm³/mol. The molecule has 0 radical (unpaired) electrons. The van der Waals surface area contributed by atoms with Crippen molar-refractivity contribution in [2.45, 2.75) is 20.0 Å². The number of thiazole rings is 1. The second-order valence-electron chi connectivity index (χ2n) is 2.74. The van der Waals surface area contributed by atoms with Crippen molar-refractivity contribution in [2.24, 2.45) is 0 Å². The minimum Gasteiger partial charge on any atom is -0.375 e. The van der Waals surface area contributed by atoms with Gasteiger partial charge < -0.3 is 10.1 Å². The third-order valence-electron chi connectivity index (χ3n) is 1.63. The zero-order valence-corrected chi connectivity index (χ0v) is 10.5. The number of carbonyl (C=O) groups excluding carboxylic acids is 1. The highest BCUT2D eigenvalue weighted by Crippen LogP contribution is 2.33. The van der Waals surface area contributed by atoms with Crippen LogP contribution in [0.25, 0.3) is 0 Å². The smallest absolute Gasteiger partial charge is 0.223 e. The maximum absolute atomic E-state index is 10.8. The van der Waals surface area contributed by atoms with Crippen LogP contribution in [0.3, 0.4) is 0 Å². The summed E-state index contributed by atoms with van der Waals surface area (Å²) in [7, 11) is 1.62. The summed E-state index contributed by atoms with van der Waals surface area (Å²) in [5.74, 6) is -0.122. The average molecular weight is 279 g/mol. The number of nitrogens with one attached hydrogen (secondary N) is 1. The van der Waals surface area contributed by atoms with Crippen LogP contribution >= 0.6 is 27.3 Å². The molecule has 0 saturated heterocycles. The Balaban J connectivity index is 2.87. The van der Waals surface area contributed by atoms with Crippen molar-refractivity contribution in [2.75, 3.05) is 12.4 Å². The number of ether oxygens (including phenoxy) is 1. The van der Waals surface area contributed by atoms with E-state index in [1.54, 1.807) is 7.11 Å². The second kappa shape index (κ2) is 4.86. The topological polar surface area (TPSA) is 51.2 Å². The maximum Gasteiger partial charge on any atom is 0.223 e. The Labute approximate surface area is 94.8 Å². The van der Waals surface area contributed by atoms with Gasteiger partial charge in [-0.25, -0.2) is 4.98 Å². The van der Waals surface area contributed by atoms with Gasteiger partial charge >= 0.3 is 0 Å². The van der Waals surface area contributed by atoms with Gasteiger partial charge in [-0.2, -0.15) is 0 Å². The van der Waals surface area contributed by atoms with Gasteiger partial charge in [0.1, 0.15) is 0 Å². The average Bonchev–Trinajstić information content (AvgIpc) is 2.44. The molecular formula is C8H11BrN2O2S. The van der Waals surface area contributed by atoms with Crippen molar-refractivity contribution in [3.05, 3.63) is 9.48 Å². The van der Waals surface area contributed by atoms with E-state index in [-0.39, 0.29) is 12.0 Å². The fraction of sp³-hybridized carbons (Fsp3) is 0.500. The van der Waals surface area contributed by atoms with Crippen LogP contribution < -0.4 is 5.32 Å². The molecule has 78 valence electrons. The Kier molecular flexibility index (Phi) is 4.03. The molecule has 1 atom stereocenters. The molecule has 0 aliphatic heterocycles. The molecule has 0 aromatic carbocycles. The largest absolute Gasteiger partial charge is 0.375 e. The molecule has 4 nitrogen and oxygen atoms in total. The van der Waals surface area contributed by atoms with Crippen molar-refractivity contribution >= 4 is 38.3 Å². The third-order valence-corrected chi connectivity index (χ3v) is 3.30. The Hall–Kier alpha value is -0.460. The molecule has 1 aromatic heterocycles. The summed E-state index contributed by atoms with van der Waals surface area (Å²) in [6.45, 7) is 3.35. The van der Waals surface area contributed by atoms with Gasteiger partial charge in [0.25, 0.3) is 0 Å². The van der Waals surface area contributed by atoms with E-state index in [1.165, 1.54) is 18.3 Å². The second-order valence-corrected chi connectivity index (χ2v) is 5.05. The normalized spacial score (nSPS) is 12.6. The van der Waals surface area contributed by atoms with E-state index < -0.39 is 0 Å². The van der Waals surface area contributed by atoms with E-state index in [9.17, 15) is 4.79 Å². The summed E-state index contributed by atoms with van der Waals surface area (Å²) >= 11 is 4.75. The van der Waals surface area contributed by atoms with Crippen molar-refractivity contribution in [1.29, 1.82) is 0 Å². The zero-order chi connectivity index (χ0) is 10.7. The van der Waals surface area contributed by atoms with Gasteiger partial charge in [-0.3, -0.25) is 4.79 Å². The van der Waals surface area contributed by atoms with Crippen LogP contribution in [0.15, 0.2) is 3.79 Å². The molecule has 0 aliphatic carbocycles. The first-order valence-electron chi connectivity index (χ1n) is 4.01. The van der Waals surface area contributed by atoms with E-state index in [0.29, 0.717) is 5.13 Å². The van der Waals surface area contributed by atoms with Gasteiger partial charge in [-0.05, 0) is 22.9 Å². The summed E-state index contributed by atoms with van der Waals surface area (Å²) in [6, 6.07) is 0. The standard InChI is InChI=1S/C8H11BrN2O2S/c1-4(13-3)6-7(9)14-8(11-6)10-5(2)12/h4H,1-3H3,(H,10,11,12). The molecule has 1 heterocycles. The van der Waals surface area contributed by atoms with Crippen LogP contribution in [-0.4, -0.2) is 18.0 Å². The molecule has 14 heavy (non-hydrogen) atoms. The molecule has 0 aliphatic rings. The SMILES string of the molecule is COC(C)c1nc(NC(C)=O)sc1Br. The summed E-state index contributed by atoms with van der Waals surface area (Å²) in [5.41, 5.74) is 0.807. The van der Waals surface area contributed by atoms with E-state index in [0.717, 1.165) is 9.48 Å². The fourth-order valence-corrected chi connectivity index (χ4v) is 2.58. The summed E-state index contributed by atoms with van der Waals surface area (Å²) in [4.78, 5) is 15.0. The van der Waals surface area contributed by atoms with Crippen LogP contribution in [0.1, 0.15) is 25.6 Å². The maximum atomic E-state index is 10.8. The number of amides is 1. The van der Waals surface area contributed by atoms with Crippen LogP contribution in [0.4, 0.5) is 5.13 Å². The molecule has 1 N–H and O–H groups in total. The molecule has 0 spiro atoms. The predicted octanol–water partition coefficient (Wildman–Crippen LogP) is 2.57. The highest BCUT2D eigenvalue weighted by atomic mass is 79.9. The molecule has 0 fully saturated rings. The summed E-state index contributed by atoms with van der Waals surface area (Å²) < 4.78 is 6.02. The van der Waals surface area contributed by atoms with Gasteiger partial charge in [0.2, 0.25) is 5.91 Å². The van der Waals surface area contributed by atoms with Gasteiger partial charge in [-0.1, -0.05) is 11.3 Å². The van der Waals surface area contributed by atoms with E-state index in [4.69, 9.17) is 4.74 Å². The quantitative estimate of drug-likeness (QED) is 0.925. The van der Waals surface area contributed by atoms with Crippen LogP contribution in [0.2, 0.25) is 0 Å². The first-order valence-corrected chi connectivity index (χ1v) is 5.62. The molecule has 6 heteroatoms. The lowest BCUT2D eigenvalue weighted by Crippen LogP contribution is -2.05. The number of nitrogens with zero attached hydrogens (tertiary/aromatic N) is 1. The van der Waals surface area contributed by atoms with Gasteiger partial charge in [-0.15, -0.1) is 0 Å². The number of aromatic nitrogens is 1. The minimum absolute atomic E-state index is 0.0804. The van der Waals surface area contributed by atoms with Crippen LogP contribution in [0, 0.1) is 0 Å². The van der Waals surface area contributed by atoms with Crippen molar-refractivity contribution in [3.8, 4) is 0 Å². The van der Waals surface area contributed by atoms with Crippen molar-refractivity contribution in [3.63, 3.8) is 0 Å². The number of methoxy groups -OCH3 is 1. The Morgan fingerprint density at radius 1 is 1.71 bits per heavy atom. The van der Waals surface area contributed by atoms with Crippen LogP contribution in [0.5, 0.6) is 0 Å². The highest BCUT2D eigenvalue weighted by molar-refractivity contribution is 9.11. The molecule has 1 unspecified atom stereocenters. The number of rotatable bonds is 3. The number of anilines is 1. The summed E-state index contributed by atoms with van der Waals surface area (Å²) in [5, 5.41) is 3.21. The van der Waals surface area contributed by atoms with Crippen molar-refractivity contribution < 1.29 is 9.53 Å². The lowest BCUT2D eigenvalue weighted by molar-refractivity contribution is -0.114. The molecule has 1 aromatic rings. The number of halogens is 1. The van der Waals surface area contributed by atoms with E-state index in [2.05, 4.69) is 26.2 Å². The number of hydrogen-bond donors (Lipinski definition) is 1. The van der Waals surface area contributed by atoms with Gasteiger partial charge in [0.05, 0.1) is 15.6 Å². The number of hydrogen-bond acceptors (Lipinski definition) is 4. The molecule has 1 amide bonds. The fourth-order valence-electron chi connectivity index (χ4n) is 0.880. The van der Waals surface area contributed by atoms with E-state index in [1.807, 2.05) is 6.92 Å². The van der Waals surface area contributed by atoms with Crippen molar-refractivity contribution in [1.82, 2.24) is 4.98 Å². The highest BCUT2D eigenvalue weighted by Gasteiger charge is 2.15. The minimum atomic E-state index is -0.122. The van der Waals surface area contributed by atoms with E-state index >= 15 is 0 Å². The molecule has 1 rings (SSSR count). The lowest BCUT2D eigenvalue weighted by Gasteiger charge is -2.05. The monoisotopic (exact) mass is 278 g/mol. The lowest BCUT2D eigenvalue weighted by atomic mass is 10.3. The third kappa shape index (κ3) is 2.76. The Bertz CT molecular complexity index is 340. The van der Waals surface area contributed by atoms with Crippen LogP contribution in [-0.2, 0) is 9.53 Å². The Morgan fingerprint density at radius 2 is 2.36 bits per heavy atom. The zero-order valence-electron chi connectivity index (χ0n) is 8.13.